The molecule has 0 aliphatic rings. The van der Waals surface area contributed by atoms with Crippen molar-refractivity contribution in [3.63, 3.8) is 0 Å². The molecule has 4 nitrogen and oxygen atoms in total. The first-order valence-electron chi connectivity index (χ1n) is 8.21. The fraction of sp³-hybridized carbons (Fsp3) is 0.0952. The number of benzene rings is 2. The van der Waals surface area contributed by atoms with Gasteiger partial charge in [0.05, 0.1) is 11.6 Å². The molecule has 136 valence electrons. The molecule has 0 bridgehead atoms. The van der Waals surface area contributed by atoms with E-state index in [-0.39, 0.29) is 29.4 Å². The average molecular weight is 385 g/mol. The van der Waals surface area contributed by atoms with Gasteiger partial charge in [0, 0.05) is 5.02 Å². The summed E-state index contributed by atoms with van der Waals surface area (Å²) in [6.45, 7) is 1.90. The highest BCUT2D eigenvalue weighted by Gasteiger charge is 2.20. The number of aryl methyl sites for hydroxylation is 1. The molecule has 0 aliphatic heterocycles. The van der Waals surface area contributed by atoms with Crippen molar-refractivity contribution in [1.29, 1.82) is 0 Å². The van der Waals surface area contributed by atoms with Gasteiger partial charge in [0.2, 0.25) is 16.9 Å². The SMILES string of the molecule is Cc1cc2oc(-c3ccco3)c(OCc3ccc(F)cc3)c(=O)c2cc1Cl. The molecular weight excluding hydrogens is 371 g/mol. The van der Waals surface area contributed by atoms with Crippen LogP contribution in [0.5, 0.6) is 5.75 Å². The molecule has 2 heterocycles. The molecule has 0 fully saturated rings. The average Bonchev–Trinajstić information content (AvgIpc) is 3.18. The smallest absolute Gasteiger partial charge is 0.235 e. The minimum Gasteiger partial charge on any atom is -0.481 e. The molecule has 2 aromatic heterocycles. The second-order valence-electron chi connectivity index (χ2n) is 6.08. The van der Waals surface area contributed by atoms with Crippen LogP contribution in [0.15, 0.2) is 68.4 Å². The van der Waals surface area contributed by atoms with Crippen LogP contribution >= 0.6 is 11.6 Å². The lowest BCUT2D eigenvalue weighted by Crippen LogP contribution is -2.10. The Balaban J connectivity index is 1.84. The third-order valence-corrected chi connectivity index (χ3v) is 4.58. The van der Waals surface area contributed by atoms with Gasteiger partial charge in [0.25, 0.3) is 0 Å². The van der Waals surface area contributed by atoms with E-state index in [1.165, 1.54) is 18.4 Å². The normalized spacial score (nSPS) is 11.1. The lowest BCUT2D eigenvalue weighted by molar-refractivity contribution is 0.296. The fourth-order valence-electron chi connectivity index (χ4n) is 2.74. The summed E-state index contributed by atoms with van der Waals surface area (Å²) in [7, 11) is 0. The lowest BCUT2D eigenvalue weighted by atomic mass is 10.1. The van der Waals surface area contributed by atoms with Crippen molar-refractivity contribution in [2.75, 3.05) is 0 Å². The monoisotopic (exact) mass is 384 g/mol. The number of hydrogen-bond acceptors (Lipinski definition) is 4. The maximum atomic E-state index is 13.1. The molecule has 0 radical (unpaired) electrons. The summed E-state index contributed by atoms with van der Waals surface area (Å²) < 4.78 is 30.2. The molecule has 0 spiro atoms. The number of furan rings is 1. The Morgan fingerprint density at radius 2 is 1.93 bits per heavy atom. The van der Waals surface area contributed by atoms with Crippen LogP contribution in [-0.2, 0) is 6.61 Å². The highest BCUT2D eigenvalue weighted by Crippen LogP contribution is 2.33. The highest BCUT2D eigenvalue weighted by atomic mass is 35.5. The summed E-state index contributed by atoms with van der Waals surface area (Å²) in [5, 5.41) is 0.778. The van der Waals surface area contributed by atoms with E-state index in [9.17, 15) is 9.18 Å². The standard InChI is InChI=1S/C21H14ClFO4/c1-12-9-18-15(10-16(12)22)19(24)21(20(27-18)17-3-2-8-25-17)26-11-13-4-6-14(23)7-5-13/h2-10H,11H2,1H3. The number of hydrogen-bond donors (Lipinski definition) is 0. The molecule has 0 unspecified atom stereocenters. The van der Waals surface area contributed by atoms with Crippen molar-refractivity contribution in [3.8, 4) is 17.3 Å². The molecule has 4 aromatic rings. The first-order valence-corrected chi connectivity index (χ1v) is 8.59. The van der Waals surface area contributed by atoms with Gasteiger partial charge in [-0.2, -0.15) is 0 Å². The zero-order valence-electron chi connectivity index (χ0n) is 14.3. The zero-order valence-corrected chi connectivity index (χ0v) is 15.0. The summed E-state index contributed by atoms with van der Waals surface area (Å²) in [5.41, 5.74) is 1.54. The van der Waals surface area contributed by atoms with Gasteiger partial charge in [-0.25, -0.2) is 4.39 Å². The maximum Gasteiger partial charge on any atom is 0.235 e. The minimum absolute atomic E-state index is 0.0155. The van der Waals surface area contributed by atoms with Crippen LogP contribution in [0.25, 0.3) is 22.5 Å². The van der Waals surface area contributed by atoms with E-state index in [0.717, 1.165) is 5.56 Å². The second kappa shape index (κ2) is 6.93. The Morgan fingerprint density at radius 1 is 1.15 bits per heavy atom. The van der Waals surface area contributed by atoms with Crippen LogP contribution in [0.1, 0.15) is 11.1 Å². The predicted octanol–water partition coefficient (Wildman–Crippen LogP) is 5.73. The van der Waals surface area contributed by atoms with E-state index in [2.05, 4.69) is 0 Å². The molecular formula is C21H14ClFO4. The van der Waals surface area contributed by atoms with Crippen LogP contribution in [0.4, 0.5) is 4.39 Å². The van der Waals surface area contributed by atoms with Gasteiger partial charge in [-0.05, 0) is 54.4 Å². The van der Waals surface area contributed by atoms with E-state index >= 15 is 0 Å². The first-order chi connectivity index (χ1) is 13.0. The van der Waals surface area contributed by atoms with Gasteiger partial charge in [0.15, 0.2) is 5.76 Å². The molecule has 0 aliphatic carbocycles. The minimum atomic E-state index is -0.355. The van der Waals surface area contributed by atoms with Crippen molar-refractivity contribution >= 4 is 22.6 Å². The molecule has 0 saturated heterocycles. The molecule has 0 saturated carbocycles. The summed E-state index contributed by atoms with van der Waals surface area (Å²) in [6.07, 6.45) is 1.48. The number of fused-ring (bicyclic) bond motifs is 1. The zero-order chi connectivity index (χ0) is 19.0. The Bertz CT molecular complexity index is 1160. The van der Waals surface area contributed by atoms with Crippen molar-refractivity contribution in [1.82, 2.24) is 0 Å². The molecule has 2 aromatic carbocycles. The second-order valence-corrected chi connectivity index (χ2v) is 6.49. The third kappa shape index (κ3) is 3.34. The van der Waals surface area contributed by atoms with Gasteiger partial charge < -0.3 is 13.6 Å². The fourth-order valence-corrected chi connectivity index (χ4v) is 2.90. The molecule has 0 N–H and O–H groups in total. The molecule has 4 rings (SSSR count). The van der Waals surface area contributed by atoms with Crippen molar-refractivity contribution in [3.05, 3.63) is 87.0 Å². The van der Waals surface area contributed by atoms with Crippen LogP contribution in [0, 0.1) is 12.7 Å². The van der Waals surface area contributed by atoms with Gasteiger partial charge >= 0.3 is 0 Å². The van der Waals surface area contributed by atoms with Crippen molar-refractivity contribution < 1.29 is 18.0 Å². The van der Waals surface area contributed by atoms with E-state index in [1.807, 2.05) is 6.92 Å². The third-order valence-electron chi connectivity index (χ3n) is 4.17. The number of halogens is 2. The van der Waals surface area contributed by atoms with Gasteiger partial charge in [0.1, 0.15) is 18.0 Å². The first kappa shape index (κ1) is 17.4. The van der Waals surface area contributed by atoms with Crippen LogP contribution in [-0.4, -0.2) is 0 Å². The van der Waals surface area contributed by atoms with Crippen LogP contribution < -0.4 is 10.2 Å². The number of ether oxygens (including phenoxy) is 1. The highest BCUT2D eigenvalue weighted by molar-refractivity contribution is 6.32. The lowest BCUT2D eigenvalue weighted by Gasteiger charge is -2.11. The van der Waals surface area contributed by atoms with E-state index in [0.29, 0.717) is 27.3 Å². The van der Waals surface area contributed by atoms with Gasteiger partial charge in [-0.1, -0.05) is 23.7 Å². The summed E-state index contributed by atoms with van der Waals surface area (Å²) in [6, 6.07) is 12.5. The van der Waals surface area contributed by atoms with E-state index in [1.54, 1.807) is 36.4 Å². The largest absolute Gasteiger partial charge is 0.481 e. The molecule has 0 amide bonds. The maximum absolute atomic E-state index is 13.1. The van der Waals surface area contributed by atoms with Crippen molar-refractivity contribution in [2.45, 2.75) is 13.5 Å². The van der Waals surface area contributed by atoms with Gasteiger partial charge in [-0.3, -0.25) is 4.79 Å². The van der Waals surface area contributed by atoms with E-state index in [4.69, 9.17) is 25.2 Å². The van der Waals surface area contributed by atoms with Crippen LogP contribution in [0.2, 0.25) is 5.02 Å². The summed E-state index contributed by atoms with van der Waals surface area (Å²) >= 11 is 6.16. The predicted molar refractivity (Wildman–Crippen MR) is 101 cm³/mol. The Morgan fingerprint density at radius 3 is 2.63 bits per heavy atom. The molecule has 6 heteroatoms. The summed E-state index contributed by atoms with van der Waals surface area (Å²) in [4.78, 5) is 13.0. The Hall–Kier alpha value is -3.05. The molecule has 0 atom stereocenters. The Kier molecular flexibility index (Phi) is 4.46. The number of rotatable bonds is 4. The van der Waals surface area contributed by atoms with Crippen LogP contribution in [0.3, 0.4) is 0 Å². The van der Waals surface area contributed by atoms with E-state index < -0.39 is 0 Å². The van der Waals surface area contributed by atoms with Gasteiger partial charge in [-0.15, -0.1) is 0 Å². The summed E-state index contributed by atoms with van der Waals surface area (Å²) in [5.74, 6) is 0.240. The molecule has 27 heavy (non-hydrogen) atoms. The quantitative estimate of drug-likeness (QED) is 0.450. The van der Waals surface area contributed by atoms with Crippen molar-refractivity contribution in [2.24, 2.45) is 0 Å². The Labute approximate surface area is 158 Å². The topological polar surface area (TPSA) is 52.6 Å².